The van der Waals surface area contributed by atoms with E-state index in [1.165, 1.54) is 12.1 Å². The van der Waals surface area contributed by atoms with E-state index in [2.05, 4.69) is 24.2 Å². The summed E-state index contributed by atoms with van der Waals surface area (Å²) in [5.41, 5.74) is 0.394. The number of halogens is 2. The van der Waals surface area contributed by atoms with Crippen LogP contribution < -0.4 is 5.32 Å². The van der Waals surface area contributed by atoms with Crippen molar-refractivity contribution in [2.45, 2.75) is 39.2 Å². The Morgan fingerprint density at radius 1 is 1.26 bits per heavy atom. The molecule has 0 saturated carbocycles. The van der Waals surface area contributed by atoms with Gasteiger partial charge in [-0.25, -0.2) is 8.78 Å². The Kier molecular flexibility index (Phi) is 4.13. The first-order valence-electron chi connectivity index (χ1n) is 6.45. The smallest absolute Gasteiger partial charge is 0.161 e. The number of aryl methyl sites for hydroxylation is 1. The molecular weight excluding hydrogens is 266 g/mol. The summed E-state index contributed by atoms with van der Waals surface area (Å²) in [6.45, 7) is 5.74. The zero-order chi connectivity index (χ0) is 14.0. The third-order valence-corrected chi connectivity index (χ3v) is 4.77. The number of nitrogens with zero attached hydrogens (tertiary/aromatic N) is 1. The van der Waals surface area contributed by atoms with Crippen LogP contribution in [-0.4, -0.2) is 16.5 Å². The topological polar surface area (TPSA) is 24.4 Å². The van der Waals surface area contributed by atoms with Gasteiger partial charge in [0.1, 0.15) is 11.6 Å². The molecule has 0 atom stereocenters. The van der Waals surface area contributed by atoms with Gasteiger partial charge in [-0.3, -0.25) is 4.99 Å². The molecule has 0 aliphatic carbocycles. The van der Waals surface area contributed by atoms with Crippen LogP contribution in [0.2, 0.25) is 0 Å². The highest BCUT2D eigenvalue weighted by molar-refractivity contribution is 8.14. The minimum absolute atomic E-state index is 0.0628. The highest BCUT2D eigenvalue weighted by atomic mass is 32.2. The van der Waals surface area contributed by atoms with Gasteiger partial charge in [0.25, 0.3) is 0 Å². The number of anilines is 1. The fourth-order valence-electron chi connectivity index (χ4n) is 2.02. The lowest BCUT2D eigenvalue weighted by atomic mass is 9.97. The van der Waals surface area contributed by atoms with Crippen molar-refractivity contribution >= 4 is 22.6 Å². The molecule has 2 rings (SSSR count). The van der Waals surface area contributed by atoms with E-state index in [1.54, 1.807) is 18.7 Å². The molecule has 0 aromatic heterocycles. The summed E-state index contributed by atoms with van der Waals surface area (Å²) in [5, 5.41) is 3.57. The van der Waals surface area contributed by atoms with Gasteiger partial charge in [0.15, 0.2) is 5.17 Å². The second kappa shape index (κ2) is 5.49. The van der Waals surface area contributed by atoms with Crippen molar-refractivity contribution < 1.29 is 8.78 Å². The Bertz CT molecular complexity index is 510. The predicted octanol–water partition coefficient (Wildman–Crippen LogP) is 4.35. The van der Waals surface area contributed by atoms with E-state index >= 15 is 0 Å². The lowest BCUT2D eigenvalue weighted by Gasteiger charge is -2.20. The SMILES string of the molecule is CCC1(CC)CSC(Nc2cc(F)c(C)cc2F)=N1. The molecule has 1 aromatic rings. The standard InChI is InChI=1S/C14H18F2N2S/c1-4-14(5-2)8-19-13(18-14)17-12-7-10(15)9(3)6-11(12)16/h6-7H,4-5,8H2,1-3H3,(H,17,18). The number of rotatable bonds is 3. The average Bonchev–Trinajstić information content (AvgIpc) is 2.80. The first kappa shape index (κ1) is 14.3. The molecule has 0 radical (unpaired) electrons. The molecule has 2 nitrogen and oxygen atoms in total. The van der Waals surface area contributed by atoms with Gasteiger partial charge in [0.05, 0.1) is 11.2 Å². The molecule has 0 unspecified atom stereocenters. The maximum Gasteiger partial charge on any atom is 0.161 e. The van der Waals surface area contributed by atoms with Crippen molar-refractivity contribution in [3.05, 3.63) is 29.3 Å². The first-order chi connectivity index (χ1) is 8.99. The van der Waals surface area contributed by atoms with Gasteiger partial charge in [-0.2, -0.15) is 0 Å². The van der Waals surface area contributed by atoms with Gasteiger partial charge in [-0.15, -0.1) is 0 Å². The lowest BCUT2D eigenvalue weighted by molar-refractivity contribution is 0.456. The van der Waals surface area contributed by atoms with Crippen molar-refractivity contribution in [2.75, 3.05) is 11.1 Å². The summed E-state index contributed by atoms with van der Waals surface area (Å²) in [6.07, 6.45) is 1.90. The second-order valence-corrected chi connectivity index (χ2v) is 5.81. The van der Waals surface area contributed by atoms with E-state index in [1.807, 2.05) is 0 Å². The van der Waals surface area contributed by atoms with E-state index < -0.39 is 11.6 Å². The van der Waals surface area contributed by atoms with E-state index in [4.69, 9.17) is 0 Å². The normalized spacial score (nSPS) is 17.4. The fourth-order valence-corrected chi connectivity index (χ4v) is 3.33. The summed E-state index contributed by atoms with van der Waals surface area (Å²) in [4.78, 5) is 4.62. The van der Waals surface area contributed by atoms with Gasteiger partial charge in [-0.05, 0) is 31.4 Å². The second-order valence-electron chi connectivity index (χ2n) is 4.84. The first-order valence-corrected chi connectivity index (χ1v) is 7.43. The minimum atomic E-state index is -0.451. The van der Waals surface area contributed by atoms with Gasteiger partial charge in [0, 0.05) is 11.8 Å². The number of benzene rings is 1. The summed E-state index contributed by atoms with van der Waals surface area (Å²) in [6, 6.07) is 2.39. The molecule has 1 aromatic carbocycles. The highest BCUT2D eigenvalue weighted by Crippen LogP contribution is 2.34. The van der Waals surface area contributed by atoms with Gasteiger partial charge in [0.2, 0.25) is 0 Å². The van der Waals surface area contributed by atoms with Crippen molar-refractivity contribution in [3.63, 3.8) is 0 Å². The Labute approximate surface area is 116 Å². The van der Waals surface area contributed by atoms with Crippen molar-refractivity contribution in [1.29, 1.82) is 0 Å². The zero-order valence-electron chi connectivity index (χ0n) is 11.4. The summed E-state index contributed by atoms with van der Waals surface area (Å²) >= 11 is 1.56. The molecule has 0 amide bonds. The predicted molar refractivity (Wildman–Crippen MR) is 77.9 cm³/mol. The summed E-state index contributed by atoms with van der Waals surface area (Å²) < 4.78 is 27.2. The van der Waals surface area contributed by atoms with Crippen LogP contribution in [0.4, 0.5) is 14.5 Å². The van der Waals surface area contributed by atoms with Crippen molar-refractivity contribution in [1.82, 2.24) is 0 Å². The molecule has 0 saturated heterocycles. The van der Waals surface area contributed by atoms with Gasteiger partial charge < -0.3 is 5.32 Å². The molecule has 0 bridgehead atoms. The van der Waals surface area contributed by atoms with E-state index in [0.29, 0.717) is 10.7 Å². The molecule has 1 aliphatic heterocycles. The van der Waals surface area contributed by atoms with Gasteiger partial charge in [-0.1, -0.05) is 25.6 Å². The van der Waals surface area contributed by atoms with Crippen LogP contribution in [0.25, 0.3) is 0 Å². The Morgan fingerprint density at radius 3 is 2.53 bits per heavy atom. The van der Waals surface area contributed by atoms with Gasteiger partial charge >= 0.3 is 0 Å². The average molecular weight is 284 g/mol. The molecule has 0 fully saturated rings. The van der Waals surface area contributed by atoms with Crippen molar-refractivity contribution in [3.8, 4) is 0 Å². The third kappa shape index (κ3) is 2.91. The highest BCUT2D eigenvalue weighted by Gasteiger charge is 2.32. The number of thioether (sulfide) groups is 1. The van der Waals surface area contributed by atoms with Crippen LogP contribution in [-0.2, 0) is 0 Å². The molecule has 104 valence electrons. The van der Waals surface area contributed by atoms with Crippen LogP contribution in [0.15, 0.2) is 17.1 Å². The lowest BCUT2D eigenvalue weighted by Crippen LogP contribution is -2.24. The third-order valence-electron chi connectivity index (χ3n) is 3.62. The fraction of sp³-hybridized carbons (Fsp3) is 0.500. The Hall–Kier alpha value is -1.10. The number of hydrogen-bond donors (Lipinski definition) is 1. The largest absolute Gasteiger partial charge is 0.332 e. The molecule has 1 N–H and O–H groups in total. The Morgan fingerprint density at radius 2 is 1.95 bits per heavy atom. The van der Waals surface area contributed by atoms with Crippen LogP contribution in [0.5, 0.6) is 0 Å². The van der Waals surface area contributed by atoms with Crippen LogP contribution in [0.3, 0.4) is 0 Å². The van der Waals surface area contributed by atoms with E-state index in [0.717, 1.165) is 18.6 Å². The van der Waals surface area contributed by atoms with Crippen LogP contribution in [0, 0.1) is 18.6 Å². The molecular formula is C14H18F2N2S. The number of aliphatic imine (C=N–C) groups is 1. The maximum absolute atomic E-state index is 13.7. The zero-order valence-corrected chi connectivity index (χ0v) is 12.2. The van der Waals surface area contributed by atoms with Crippen LogP contribution >= 0.6 is 11.8 Å². The van der Waals surface area contributed by atoms with Crippen LogP contribution in [0.1, 0.15) is 32.3 Å². The Balaban J connectivity index is 2.21. The molecule has 1 heterocycles. The summed E-state index contributed by atoms with van der Waals surface area (Å²) in [7, 11) is 0. The monoisotopic (exact) mass is 284 g/mol. The van der Waals surface area contributed by atoms with Crippen molar-refractivity contribution in [2.24, 2.45) is 4.99 Å². The molecule has 0 spiro atoms. The van der Waals surface area contributed by atoms with E-state index in [-0.39, 0.29) is 11.2 Å². The number of hydrogen-bond acceptors (Lipinski definition) is 3. The maximum atomic E-state index is 13.7. The molecule has 19 heavy (non-hydrogen) atoms. The van der Waals surface area contributed by atoms with E-state index in [9.17, 15) is 8.78 Å². The molecule has 1 aliphatic rings. The summed E-state index contributed by atoms with van der Waals surface area (Å²) in [5.74, 6) is 0.0237. The minimum Gasteiger partial charge on any atom is -0.332 e. The molecule has 5 heteroatoms. The number of amidine groups is 1. The quantitative estimate of drug-likeness (QED) is 0.892. The number of nitrogens with one attached hydrogen (secondary N) is 1.